The number of halogens is 1. The quantitative estimate of drug-likeness (QED) is 0.305. The number of benzene rings is 1. The molecule has 0 unspecified atom stereocenters. The molecule has 0 atom stereocenters. The number of hydrogen-bond acceptors (Lipinski definition) is 2. The van der Waals surface area contributed by atoms with Crippen LogP contribution >= 0.6 is 11.6 Å². The maximum atomic E-state index is 12.2. The van der Waals surface area contributed by atoms with Gasteiger partial charge >= 0.3 is 0 Å². The van der Waals surface area contributed by atoms with Gasteiger partial charge in [0, 0.05) is 17.9 Å². The van der Waals surface area contributed by atoms with Crippen molar-refractivity contribution >= 4 is 17.4 Å². The van der Waals surface area contributed by atoms with E-state index in [1.165, 1.54) is 19.3 Å². The minimum absolute atomic E-state index is 0.122. The molecule has 0 aromatic heterocycles. The van der Waals surface area contributed by atoms with E-state index in [9.17, 15) is 4.79 Å². The van der Waals surface area contributed by atoms with Gasteiger partial charge in [0.05, 0.1) is 6.61 Å². The number of carbonyl (C=O) groups excluding carboxylic acids is 1. The van der Waals surface area contributed by atoms with Gasteiger partial charge in [-0.15, -0.1) is 11.6 Å². The summed E-state index contributed by atoms with van der Waals surface area (Å²) < 4.78 is 5.93. The number of rotatable bonds is 10. The fourth-order valence-electron chi connectivity index (χ4n) is 2.51. The second kappa shape index (κ2) is 9.89. The van der Waals surface area contributed by atoms with Crippen LogP contribution in [-0.2, 0) is 0 Å². The summed E-state index contributed by atoms with van der Waals surface area (Å²) in [5, 5.41) is 0. The molecular formula is C19H29ClO2. The van der Waals surface area contributed by atoms with Crippen LogP contribution in [0.2, 0.25) is 0 Å². The Kier molecular flexibility index (Phi) is 8.55. The third kappa shape index (κ3) is 5.64. The minimum Gasteiger partial charge on any atom is -0.493 e. The molecule has 0 fully saturated rings. The Bertz CT molecular complexity index is 481. The molecule has 0 spiro atoms. The molecule has 0 radical (unpaired) electrons. The topological polar surface area (TPSA) is 26.3 Å². The Labute approximate surface area is 140 Å². The summed E-state index contributed by atoms with van der Waals surface area (Å²) in [5.74, 6) is 1.68. The fourth-order valence-corrected chi connectivity index (χ4v) is 2.68. The van der Waals surface area contributed by atoms with E-state index in [1.807, 2.05) is 19.1 Å². The molecule has 0 amide bonds. The first-order valence-electron chi connectivity index (χ1n) is 8.37. The molecule has 0 N–H and O–H groups in total. The number of unbranched alkanes of at least 4 members (excludes halogenated alkanes) is 3. The number of Topliss-reactive ketones (excluding diaryl/α,β-unsaturated/α-hetero) is 1. The normalized spacial score (nSPS) is 11.0. The largest absolute Gasteiger partial charge is 0.493 e. The summed E-state index contributed by atoms with van der Waals surface area (Å²) in [6.07, 6.45) is 5.16. The van der Waals surface area contributed by atoms with Crippen LogP contribution in [0.5, 0.6) is 5.75 Å². The summed E-state index contributed by atoms with van der Waals surface area (Å²) in [6, 6.07) is 4.01. The summed E-state index contributed by atoms with van der Waals surface area (Å²) in [5.41, 5.74) is 2.88. The van der Waals surface area contributed by atoms with E-state index in [0.29, 0.717) is 12.3 Å². The summed E-state index contributed by atoms with van der Waals surface area (Å²) in [4.78, 5) is 12.2. The van der Waals surface area contributed by atoms with Crippen LogP contribution in [0.15, 0.2) is 12.1 Å². The van der Waals surface area contributed by atoms with Gasteiger partial charge in [-0.2, -0.15) is 0 Å². The van der Waals surface area contributed by atoms with Crippen LogP contribution in [-0.4, -0.2) is 18.3 Å². The van der Waals surface area contributed by atoms with E-state index in [1.54, 1.807) is 0 Å². The van der Waals surface area contributed by atoms with Crippen molar-refractivity contribution in [3.8, 4) is 5.75 Å². The average Bonchev–Trinajstić information content (AvgIpc) is 2.48. The van der Waals surface area contributed by atoms with E-state index in [2.05, 4.69) is 20.8 Å². The second-order valence-corrected chi connectivity index (χ2v) is 6.51. The van der Waals surface area contributed by atoms with Crippen LogP contribution in [0.3, 0.4) is 0 Å². The van der Waals surface area contributed by atoms with Gasteiger partial charge in [0.2, 0.25) is 0 Å². The number of ether oxygens (including phenoxy) is 1. The molecule has 124 valence electrons. The standard InChI is InChI=1S/C19H29ClO2/c1-5-6-7-8-11-22-19-13-16(14(2)3)17(12-15(19)4)18(21)9-10-20/h12-14H,5-11H2,1-4H3. The van der Waals surface area contributed by atoms with Gasteiger partial charge in [-0.25, -0.2) is 0 Å². The van der Waals surface area contributed by atoms with E-state index in [-0.39, 0.29) is 11.7 Å². The third-order valence-electron chi connectivity index (χ3n) is 3.85. The predicted molar refractivity (Wildman–Crippen MR) is 94.6 cm³/mol. The zero-order chi connectivity index (χ0) is 16.5. The van der Waals surface area contributed by atoms with Crippen molar-refractivity contribution in [2.75, 3.05) is 12.5 Å². The van der Waals surface area contributed by atoms with E-state index >= 15 is 0 Å². The van der Waals surface area contributed by atoms with Crippen molar-refractivity contribution in [1.29, 1.82) is 0 Å². The van der Waals surface area contributed by atoms with Crippen molar-refractivity contribution in [1.82, 2.24) is 0 Å². The monoisotopic (exact) mass is 324 g/mol. The van der Waals surface area contributed by atoms with Crippen LogP contribution in [0.25, 0.3) is 0 Å². The van der Waals surface area contributed by atoms with Crippen molar-refractivity contribution in [2.24, 2.45) is 0 Å². The molecule has 0 heterocycles. The van der Waals surface area contributed by atoms with Gasteiger partial charge in [0.25, 0.3) is 0 Å². The Morgan fingerprint density at radius 1 is 1.23 bits per heavy atom. The second-order valence-electron chi connectivity index (χ2n) is 6.13. The van der Waals surface area contributed by atoms with Crippen molar-refractivity contribution in [2.45, 2.75) is 65.7 Å². The SMILES string of the molecule is CCCCCCOc1cc(C(C)C)c(C(=O)CCCl)cc1C. The predicted octanol–water partition coefficient (Wildman–Crippen LogP) is 5.89. The van der Waals surface area contributed by atoms with E-state index in [0.717, 1.165) is 35.5 Å². The summed E-state index contributed by atoms with van der Waals surface area (Å²) >= 11 is 5.71. The molecule has 1 rings (SSSR count). The highest BCUT2D eigenvalue weighted by Gasteiger charge is 2.16. The first kappa shape index (κ1) is 19.0. The molecule has 2 nitrogen and oxygen atoms in total. The molecule has 0 bridgehead atoms. The van der Waals surface area contributed by atoms with Crippen molar-refractivity contribution < 1.29 is 9.53 Å². The lowest BCUT2D eigenvalue weighted by atomic mass is 9.92. The molecule has 0 saturated carbocycles. The van der Waals surface area contributed by atoms with Crippen LogP contribution in [0.4, 0.5) is 0 Å². The van der Waals surface area contributed by atoms with Crippen LogP contribution < -0.4 is 4.74 Å². The summed E-state index contributed by atoms with van der Waals surface area (Å²) in [6.45, 7) is 9.16. The minimum atomic E-state index is 0.122. The molecule has 0 aliphatic carbocycles. The molecule has 0 saturated heterocycles. The molecule has 1 aromatic carbocycles. The highest BCUT2D eigenvalue weighted by atomic mass is 35.5. The van der Waals surface area contributed by atoms with Gasteiger partial charge < -0.3 is 4.74 Å². The molecule has 0 aliphatic heterocycles. The lowest BCUT2D eigenvalue weighted by Crippen LogP contribution is -2.08. The third-order valence-corrected chi connectivity index (χ3v) is 4.04. The summed E-state index contributed by atoms with van der Waals surface area (Å²) in [7, 11) is 0. The van der Waals surface area contributed by atoms with E-state index < -0.39 is 0 Å². The molecule has 1 aromatic rings. The lowest BCUT2D eigenvalue weighted by Gasteiger charge is -2.17. The van der Waals surface area contributed by atoms with Gasteiger partial charge in [-0.3, -0.25) is 4.79 Å². The molecule has 3 heteroatoms. The van der Waals surface area contributed by atoms with Crippen molar-refractivity contribution in [3.05, 3.63) is 28.8 Å². The number of alkyl halides is 1. The molecule has 22 heavy (non-hydrogen) atoms. The number of ketones is 1. The average molecular weight is 325 g/mol. The molecular weight excluding hydrogens is 296 g/mol. The Hall–Kier alpha value is -1.02. The Balaban J connectivity index is 2.87. The Morgan fingerprint density at radius 2 is 1.95 bits per heavy atom. The number of hydrogen-bond donors (Lipinski definition) is 0. The number of carbonyl (C=O) groups is 1. The van der Waals surface area contributed by atoms with Gasteiger partial charge in [0.15, 0.2) is 5.78 Å². The Morgan fingerprint density at radius 3 is 2.55 bits per heavy atom. The first-order chi connectivity index (χ1) is 10.5. The first-order valence-corrected chi connectivity index (χ1v) is 8.91. The lowest BCUT2D eigenvalue weighted by molar-refractivity contribution is 0.0988. The fraction of sp³-hybridized carbons (Fsp3) is 0.632. The maximum absolute atomic E-state index is 12.2. The van der Waals surface area contributed by atoms with Crippen LogP contribution in [0.1, 0.15) is 80.3 Å². The van der Waals surface area contributed by atoms with Crippen molar-refractivity contribution in [3.63, 3.8) is 0 Å². The number of aryl methyl sites for hydroxylation is 1. The molecule has 0 aliphatic rings. The highest BCUT2D eigenvalue weighted by molar-refractivity contribution is 6.19. The van der Waals surface area contributed by atoms with Crippen LogP contribution in [0, 0.1) is 6.92 Å². The smallest absolute Gasteiger partial charge is 0.164 e. The van der Waals surface area contributed by atoms with Gasteiger partial charge in [-0.05, 0) is 42.5 Å². The maximum Gasteiger partial charge on any atom is 0.164 e. The zero-order valence-corrected chi connectivity index (χ0v) is 15.1. The van der Waals surface area contributed by atoms with E-state index in [4.69, 9.17) is 16.3 Å². The van der Waals surface area contributed by atoms with Gasteiger partial charge in [-0.1, -0.05) is 40.0 Å². The van der Waals surface area contributed by atoms with Gasteiger partial charge in [0.1, 0.15) is 5.75 Å². The highest BCUT2D eigenvalue weighted by Crippen LogP contribution is 2.29. The zero-order valence-electron chi connectivity index (χ0n) is 14.4.